The number of Topliss-reactive ketones (excluding diaryl/α,β-unsaturated/α-hetero) is 1. The highest BCUT2D eigenvalue weighted by molar-refractivity contribution is 6.29. The molecule has 1 fully saturated rings. The van der Waals surface area contributed by atoms with Gasteiger partial charge in [0.25, 0.3) is 5.56 Å². The molecule has 0 saturated carbocycles. The Morgan fingerprint density at radius 3 is 2.63 bits per heavy atom. The summed E-state index contributed by atoms with van der Waals surface area (Å²) in [6.45, 7) is 5.21. The molecule has 0 spiro atoms. The quantitative estimate of drug-likeness (QED) is 0.449. The number of aryl methyl sites for hydroxylation is 2. The van der Waals surface area contributed by atoms with Crippen LogP contribution in [0.3, 0.4) is 0 Å². The topological polar surface area (TPSA) is 93.1 Å². The standard InChI is InChI=1S/C20H24ClN5O4/c1-11-8-14(12(2)25(11)9-13-6-5-7-30-13)15(27)10-26-16-17(22-19(26)21)23(3)20(29)24(4)18(16)28/h8,13H,5-7,9-10H2,1-4H3/t13-/m0/s1. The first-order valence-electron chi connectivity index (χ1n) is 9.84. The van der Waals surface area contributed by atoms with Gasteiger partial charge in [0.1, 0.15) is 0 Å². The van der Waals surface area contributed by atoms with E-state index in [4.69, 9.17) is 16.3 Å². The molecule has 10 heteroatoms. The molecule has 1 saturated heterocycles. The van der Waals surface area contributed by atoms with E-state index in [0.717, 1.165) is 35.4 Å². The molecule has 3 aromatic heterocycles. The number of imidazole rings is 1. The molecule has 1 atom stereocenters. The SMILES string of the molecule is Cc1cc(C(=O)Cn2c(Cl)nc3c2c(=O)n(C)c(=O)n3C)c(C)n1C[C@@H]1CCCO1. The molecule has 0 unspecified atom stereocenters. The zero-order valence-corrected chi connectivity index (χ0v) is 18.2. The van der Waals surface area contributed by atoms with Crippen LogP contribution in [-0.2, 0) is 31.9 Å². The predicted octanol–water partition coefficient (Wildman–Crippen LogP) is 1.57. The molecular weight excluding hydrogens is 410 g/mol. The molecule has 0 amide bonds. The van der Waals surface area contributed by atoms with Crippen molar-refractivity contribution in [1.82, 2.24) is 23.3 Å². The lowest BCUT2D eigenvalue weighted by Crippen LogP contribution is -2.37. The maximum atomic E-state index is 13.2. The molecule has 9 nitrogen and oxygen atoms in total. The van der Waals surface area contributed by atoms with Crippen molar-refractivity contribution in [1.29, 1.82) is 0 Å². The van der Waals surface area contributed by atoms with Crippen LogP contribution in [0, 0.1) is 13.8 Å². The number of hydrogen-bond acceptors (Lipinski definition) is 5. The summed E-state index contributed by atoms with van der Waals surface area (Å²) in [6, 6.07) is 1.85. The Balaban J connectivity index is 1.72. The maximum Gasteiger partial charge on any atom is 0.332 e. The first-order chi connectivity index (χ1) is 14.2. The second kappa shape index (κ2) is 7.55. The molecule has 0 N–H and O–H groups in total. The third-order valence-corrected chi connectivity index (χ3v) is 6.18. The van der Waals surface area contributed by atoms with Crippen LogP contribution in [0.2, 0.25) is 5.28 Å². The summed E-state index contributed by atoms with van der Waals surface area (Å²) in [7, 11) is 2.90. The van der Waals surface area contributed by atoms with Crippen LogP contribution < -0.4 is 11.2 Å². The lowest BCUT2D eigenvalue weighted by molar-refractivity contribution is 0.0949. The van der Waals surface area contributed by atoms with Gasteiger partial charge in [-0.05, 0) is 44.4 Å². The van der Waals surface area contributed by atoms with E-state index >= 15 is 0 Å². The molecule has 30 heavy (non-hydrogen) atoms. The molecule has 4 heterocycles. The summed E-state index contributed by atoms with van der Waals surface area (Å²) < 4.78 is 11.4. The smallest absolute Gasteiger partial charge is 0.332 e. The molecule has 0 bridgehead atoms. The molecule has 0 aliphatic carbocycles. The minimum Gasteiger partial charge on any atom is -0.376 e. The van der Waals surface area contributed by atoms with Crippen LogP contribution in [-0.4, -0.2) is 41.7 Å². The minimum atomic E-state index is -0.538. The average Bonchev–Trinajstić information content (AvgIpc) is 3.40. The number of nitrogens with zero attached hydrogens (tertiary/aromatic N) is 5. The van der Waals surface area contributed by atoms with Gasteiger partial charge in [0.2, 0.25) is 5.28 Å². The highest BCUT2D eigenvalue weighted by Crippen LogP contribution is 2.22. The fourth-order valence-electron chi connectivity index (χ4n) is 4.15. The number of carbonyl (C=O) groups excluding carboxylic acids is 1. The summed E-state index contributed by atoms with van der Waals surface area (Å²) in [5.74, 6) is -0.182. The van der Waals surface area contributed by atoms with Crippen LogP contribution in [0.1, 0.15) is 34.6 Å². The summed E-state index contributed by atoms with van der Waals surface area (Å²) >= 11 is 6.25. The van der Waals surface area contributed by atoms with E-state index in [2.05, 4.69) is 9.55 Å². The summed E-state index contributed by atoms with van der Waals surface area (Å²) in [5, 5.41) is -0.00943. The van der Waals surface area contributed by atoms with Crippen LogP contribution in [0.15, 0.2) is 15.7 Å². The zero-order valence-electron chi connectivity index (χ0n) is 17.4. The van der Waals surface area contributed by atoms with E-state index in [1.165, 1.54) is 23.2 Å². The highest BCUT2D eigenvalue weighted by atomic mass is 35.5. The Kier molecular flexibility index (Phi) is 5.19. The van der Waals surface area contributed by atoms with Gasteiger partial charge in [-0.25, -0.2) is 4.79 Å². The van der Waals surface area contributed by atoms with Gasteiger partial charge in [-0.3, -0.25) is 18.7 Å². The summed E-state index contributed by atoms with van der Waals surface area (Å²) in [5.41, 5.74) is 1.66. The number of ketones is 1. The summed E-state index contributed by atoms with van der Waals surface area (Å²) in [4.78, 5) is 42.1. The number of carbonyl (C=O) groups is 1. The Labute approximate surface area is 177 Å². The van der Waals surface area contributed by atoms with Crippen molar-refractivity contribution in [2.75, 3.05) is 6.61 Å². The van der Waals surface area contributed by atoms with Crippen LogP contribution in [0.5, 0.6) is 0 Å². The van der Waals surface area contributed by atoms with E-state index in [-0.39, 0.29) is 34.9 Å². The number of rotatable bonds is 5. The number of aromatic nitrogens is 5. The van der Waals surface area contributed by atoms with Crippen molar-refractivity contribution in [3.63, 3.8) is 0 Å². The van der Waals surface area contributed by atoms with E-state index in [0.29, 0.717) is 12.1 Å². The first-order valence-corrected chi connectivity index (χ1v) is 10.2. The van der Waals surface area contributed by atoms with Crippen molar-refractivity contribution in [3.8, 4) is 0 Å². The lowest BCUT2D eigenvalue weighted by atomic mass is 10.1. The number of fused-ring (bicyclic) bond motifs is 1. The van der Waals surface area contributed by atoms with Crippen molar-refractivity contribution in [3.05, 3.63) is 49.1 Å². The second-order valence-corrected chi connectivity index (χ2v) is 8.14. The molecule has 1 aliphatic heterocycles. The normalized spacial score (nSPS) is 16.6. The Morgan fingerprint density at radius 2 is 1.97 bits per heavy atom. The van der Waals surface area contributed by atoms with Crippen molar-refractivity contribution in [2.24, 2.45) is 14.1 Å². The van der Waals surface area contributed by atoms with Gasteiger partial charge in [0.05, 0.1) is 12.6 Å². The third kappa shape index (κ3) is 3.22. The zero-order chi connectivity index (χ0) is 21.7. The highest BCUT2D eigenvalue weighted by Gasteiger charge is 2.24. The predicted molar refractivity (Wildman–Crippen MR) is 112 cm³/mol. The molecular formula is C20H24ClN5O4. The third-order valence-electron chi connectivity index (χ3n) is 5.89. The van der Waals surface area contributed by atoms with E-state index in [1.807, 2.05) is 19.9 Å². The van der Waals surface area contributed by atoms with Gasteiger partial charge in [0, 0.05) is 44.2 Å². The van der Waals surface area contributed by atoms with Gasteiger partial charge < -0.3 is 13.9 Å². The molecule has 0 radical (unpaired) electrons. The first kappa shape index (κ1) is 20.6. The Bertz CT molecular complexity index is 1270. The Morgan fingerprint density at radius 1 is 1.23 bits per heavy atom. The van der Waals surface area contributed by atoms with Gasteiger partial charge in [-0.1, -0.05) is 0 Å². The fourth-order valence-corrected chi connectivity index (χ4v) is 4.37. The molecule has 3 aromatic rings. The minimum absolute atomic E-state index is 0.00943. The number of halogens is 1. The molecule has 160 valence electrons. The van der Waals surface area contributed by atoms with Crippen LogP contribution in [0.4, 0.5) is 0 Å². The second-order valence-electron chi connectivity index (χ2n) is 7.80. The molecule has 4 rings (SSSR count). The van der Waals surface area contributed by atoms with Gasteiger partial charge in [-0.15, -0.1) is 0 Å². The molecule has 1 aliphatic rings. The number of ether oxygens (including phenoxy) is 1. The van der Waals surface area contributed by atoms with Crippen molar-refractivity contribution < 1.29 is 9.53 Å². The average molecular weight is 434 g/mol. The fraction of sp³-hybridized carbons (Fsp3) is 0.500. The van der Waals surface area contributed by atoms with Crippen LogP contribution >= 0.6 is 11.6 Å². The lowest BCUT2D eigenvalue weighted by Gasteiger charge is -2.15. The van der Waals surface area contributed by atoms with E-state index in [1.54, 1.807) is 0 Å². The Hall–Kier alpha value is -2.65. The van der Waals surface area contributed by atoms with Gasteiger partial charge >= 0.3 is 5.69 Å². The van der Waals surface area contributed by atoms with Crippen molar-refractivity contribution >= 4 is 28.5 Å². The van der Waals surface area contributed by atoms with Gasteiger partial charge in [-0.2, -0.15) is 4.98 Å². The summed E-state index contributed by atoms with van der Waals surface area (Å²) in [6.07, 6.45) is 2.23. The van der Waals surface area contributed by atoms with Crippen molar-refractivity contribution in [2.45, 2.75) is 45.9 Å². The van der Waals surface area contributed by atoms with E-state index < -0.39 is 11.2 Å². The maximum absolute atomic E-state index is 13.2. The van der Waals surface area contributed by atoms with E-state index in [9.17, 15) is 14.4 Å². The molecule has 0 aromatic carbocycles. The largest absolute Gasteiger partial charge is 0.376 e. The number of hydrogen-bond donors (Lipinski definition) is 0. The van der Waals surface area contributed by atoms with Gasteiger partial charge in [0.15, 0.2) is 16.9 Å². The van der Waals surface area contributed by atoms with Crippen LogP contribution in [0.25, 0.3) is 11.2 Å². The monoisotopic (exact) mass is 433 g/mol.